The number of methoxy groups -OCH3 is 1. The number of rotatable bonds is 4. The summed E-state index contributed by atoms with van der Waals surface area (Å²) >= 11 is 0. The second-order valence-corrected chi connectivity index (χ2v) is 8.33. The fraction of sp³-hybridized carbons (Fsp3) is 0.389. The maximum atomic E-state index is 13.3. The van der Waals surface area contributed by atoms with E-state index in [2.05, 4.69) is 4.98 Å². The molecule has 132 valence electrons. The van der Waals surface area contributed by atoms with E-state index in [0.717, 1.165) is 11.3 Å². The van der Waals surface area contributed by atoms with Crippen LogP contribution in [0.25, 0.3) is 0 Å². The molecule has 7 heteroatoms. The molecule has 6 nitrogen and oxygen atoms in total. The maximum absolute atomic E-state index is 13.3. The van der Waals surface area contributed by atoms with Crippen molar-refractivity contribution in [1.29, 1.82) is 0 Å². The van der Waals surface area contributed by atoms with Crippen molar-refractivity contribution in [3.05, 3.63) is 54.4 Å². The molecule has 25 heavy (non-hydrogen) atoms. The fourth-order valence-electron chi connectivity index (χ4n) is 3.88. The lowest BCUT2D eigenvalue weighted by molar-refractivity contribution is 0.102. The largest absolute Gasteiger partial charge is 0.493 e. The molecule has 0 N–H and O–H groups in total. The summed E-state index contributed by atoms with van der Waals surface area (Å²) in [6.07, 6.45) is 2.97. The SMILES string of the molecule is COC[C@@H]1CN(S(=O)(=O)c2cccnc2)[C@H]2c3ccccc3OC[C@@H]12. The van der Waals surface area contributed by atoms with Gasteiger partial charge in [-0.1, -0.05) is 18.2 Å². The first-order chi connectivity index (χ1) is 12.1. The number of para-hydroxylation sites is 1. The molecular formula is C18H20N2O4S. The zero-order valence-electron chi connectivity index (χ0n) is 13.9. The molecular weight excluding hydrogens is 340 g/mol. The highest BCUT2D eigenvalue weighted by atomic mass is 32.2. The molecule has 0 radical (unpaired) electrons. The third-order valence-electron chi connectivity index (χ3n) is 5.03. The molecule has 1 aromatic carbocycles. The van der Waals surface area contributed by atoms with Crippen LogP contribution < -0.4 is 4.74 Å². The van der Waals surface area contributed by atoms with E-state index in [1.54, 1.807) is 29.7 Å². The van der Waals surface area contributed by atoms with Crippen molar-refractivity contribution in [2.75, 3.05) is 26.9 Å². The van der Waals surface area contributed by atoms with E-state index in [0.29, 0.717) is 19.8 Å². The highest BCUT2D eigenvalue weighted by Crippen LogP contribution is 2.49. The Balaban J connectivity index is 1.80. The molecule has 2 aliphatic heterocycles. The standard InChI is InChI=1S/C18H20N2O4S/c1-23-11-13-10-20(25(21,22)14-5-4-8-19-9-14)18-15-6-2-3-7-17(15)24-12-16(13)18/h2-9,13,16,18H,10-12H2,1H3/t13-,16-,18-/m0/s1. The van der Waals surface area contributed by atoms with Crippen LogP contribution >= 0.6 is 0 Å². The van der Waals surface area contributed by atoms with Gasteiger partial charge in [0.1, 0.15) is 10.6 Å². The lowest BCUT2D eigenvalue weighted by Gasteiger charge is -2.33. The molecule has 0 amide bonds. The number of pyridine rings is 1. The van der Waals surface area contributed by atoms with Crippen molar-refractivity contribution >= 4 is 10.0 Å². The molecule has 2 aromatic rings. The second-order valence-electron chi connectivity index (χ2n) is 6.44. The summed E-state index contributed by atoms with van der Waals surface area (Å²) in [5.41, 5.74) is 0.921. The summed E-state index contributed by atoms with van der Waals surface area (Å²) in [5, 5.41) is 0. The monoisotopic (exact) mass is 360 g/mol. The lowest BCUT2D eigenvalue weighted by Crippen LogP contribution is -2.35. The van der Waals surface area contributed by atoms with E-state index in [1.807, 2.05) is 24.3 Å². The number of nitrogens with zero attached hydrogens (tertiary/aromatic N) is 2. The van der Waals surface area contributed by atoms with E-state index < -0.39 is 10.0 Å². The summed E-state index contributed by atoms with van der Waals surface area (Å²) in [5.74, 6) is 0.921. The highest BCUT2D eigenvalue weighted by molar-refractivity contribution is 7.89. The van der Waals surface area contributed by atoms with Crippen LogP contribution in [0.5, 0.6) is 5.75 Å². The van der Waals surface area contributed by atoms with Crippen LogP contribution in [0, 0.1) is 11.8 Å². The molecule has 0 bridgehead atoms. The summed E-state index contributed by atoms with van der Waals surface area (Å²) < 4.78 is 39.3. The molecule has 0 spiro atoms. The van der Waals surface area contributed by atoms with Gasteiger partial charge in [0.2, 0.25) is 10.0 Å². The van der Waals surface area contributed by atoms with Gasteiger partial charge in [-0.3, -0.25) is 4.98 Å². The maximum Gasteiger partial charge on any atom is 0.245 e. The Morgan fingerprint density at radius 2 is 2.12 bits per heavy atom. The molecule has 3 atom stereocenters. The van der Waals surface area contributed by atoms with Crippen molar-refractivity contribution < 1.29 is 17.9 Å². The number of hydrogen-bond donors (Lipinski definition) is 0. The minimum Gasteiger partial charge on any atom is -0.493 e. The summed E-state index contributed by atoms with van der Waals surface area (Å²) in [6, 6.07) is 10.7. The van der Waals surface area contributed by atoms with Crippen LogP contribution in [0.2, 0.25) is 0 Å². The Morgan fingerprint density at radius 3 is 2.88 bits per heavy atom. The van der Waals surface area contributed by atoms with E-state index in [9.17, 15) is 8.42 Å². The van der Waals surface area contributed by atoms with Gasteiger partial charge in [-0.2, -0.15) is 4.31 Å². The average Bonchev–Trinajstić information content (AvgIpc) is 3.03. The van der Waals surface area contributed by atoms with Crippen molar-refractivity contribution in [3.63, 3.8) is 0 Å². The topological polar surface area (TPSA) is 68.7 Å². The molecule has 2 aliphatic rings. The predicted octanol–water partition coefficient (Wildman–Crippen LogP) is 2.10. The second kappa shape index (κ2) is 6.40. The molecule has 3 heterocycles. The molecule has 0 aliphatic carbocycles. The Kier molecular flexibility index (Phi) is 4.23. The number of ether oxygens (including phenoxy) is 2. The third-order valence-corrected chi connectivity index (χ3v) is 6.86. The lowest BCUT2D eigenvalue weighted by atomic mass is 9.86. The van der Waals surface area contributed by atoms with Gasteiger partial charge >= 0.3 is 0 Å². The molecule has 4 rings (SSSR count). The number of hydrogen-bond acceptors (Lipinski definition) is 5. The normalized spacial score (nSPS) is 25.9. The molecule has 0 unspecified atom stereocenters. The molecule has 0 saturated carbocycles. The van der Waals surface area contributed by atoms with Gasteiger partial charge in [0.15, 0.2) is 0 Å². The van der Waals surface area contributed by atoms with E-state index in [-0.39, 0.29) is 22.8 Å². The average molecular weight is 360 g/mol. The quantitative estimate of drug-likeness (QED) is 0.835. The third kappa shape index (κ3) is 2.72. The van der Waals surface area contributed by atoms with Crippen LogP contribution in [0.3, 0.4) is 0 Å². The van der Waals surface area contributed by atoms with Crippen LogP contribution in [0.15, 0.2) is 53.7 Å². The molecule has 1 fully saturated rings. The van der Waals surface area contributed by atoms with Gasteiger partial charge in [-0.15, -0.1) is 0 Å². The number of benzene rings is 1. The first-order valence-electron chi connectivity index (χ1n) is 8.25. The van der Waals surface area contributed by atoms with E-state index in [4.69, 9.17) is 9.47 Å². The first kappa shape index (κ1) is 16.5. The number of sulfonamides is 1. The zero-order chi connectivity index (χ0) is 17.4. The summed E-state index contributed by atoms with van der Waals surface area (Å²) in [4.78, 5) is 4.19. The Bertz CT molecular complexity index is 856. The minimum absolute atomic E-state index is 0.0706. The van der Waals surface area contributed by atoms with Gasteiger partial charge in [-0.25, -0.2) is 8.42 Å². The van der Waals surface area contributed by atoms with Gasteiger partial charge < -0.3 is 9.47 Å². The van der Waals surface area contributed by atoms with Crippen molar-refractivity contribution in [2.45, 2.75) is 10.9 Å². The number of fused-ring (bicyclic) bond motifs is 3. The van der Waals surface area contributed by atoms with Gasteiger partial charge in [0, 0.05) is 43.4 Å². The van der Waals surface area contributed by atoms with Crippen molar-refractivity contribution in [2.24, 2.45) is 11.8 Å². The van der Waals surface area contributed by atoms with Crippen LogP contribution in [-0.2, 0) is 14.8 Å². The smallest absolute Gasteiger partial charge is 0.245 e. The predicted molar refractivity (Wildman–Crippen MR) is 91.7 cm³/mol. The van der Waals surface area contributed by atoms with E-state index in [1.165, 1.54) is 6.20 Å². The van der Waals surface area contributed by atoms with Crippen LogP contribution in [-0.4, -0.2) is 44.6 Å². The van der Waals surface area contributed by atoms with Crippen LogP contribution in [0.1, 0.15) is 11.6 Å². The van der Waals surface area contributed by atoms with Gasteiger partial charge in [-0.05, 0) is 18.2 Å². The van der Waals surface area contributed by atoms with Crippen molar-refractivity contribution in [3.8, 4) is 5.75 Å². The Morgan fingerprint density at radius 1 is 1.28 bits per heavy atom. The highest BCUT2D eigenvalue weighted by Gasteiger charge is 2.50. The Hall–Kier alpha value is -1.96. The van der Waals surface area contributed by atoms with Crippen LogP contribution in [0.4, 0.5) is 0 Å². The summed E-state index contributed by atoms with van der Waals surface area (Å²) in [6.45, 7) is 1.42. The zero-order valence-corrected chi connectivity index (χ0v) is 14.7. The fourth-order valence-corrected chi connectivity index (χ4v) is 5.55. The van der Waals surface area contributed by atoms with E-state index >= 15 is 0 Å². The Labute approximate surface area is 147 Å². The first-order valence-corrected chi connectivity index (χ1v) is 9.69. The number of aromatic nitrogens is 1. The molecule has 1 aromatic heterocycles. The van der Waals surface area contributed by atoms with Gasteiger partial charge in [0.05, 0.1) is 19.3 Å². The minimum atomic E-state index is -3.64. The van der Waals surface area contributed by atoms with Gasteiger partial charge in [0.25, 0.3) is 0 Å². The molecule has 1 saturated heterocycles. The summed E-state index contributed by atoms with van der Waals surface area (Å²) in [7, 11) is -2.00. The van der Waals surface area contributed by atoms with Crippen molar-refractivity contribution in [1.82, 2.24) is 9.29 Å².